The van der Waals surface area contributed by atoms with Gasteiger partial charge in [-0.05, 0) is 18.2 Å². The van der Waals surface area contributed by atoms with E-state index in [1.165, 1.54) is 19.4 Å². The number of esters is 1. The second-order valence-electron chi connectivity index (χ2n) is 4.23. The molecule has 23 heavy (non-hydrogen) atoms. The highest BCUT2D eigenvalue weighted by Gasteiger charge is 2.15. The summed E-state index contributed by atoms with van der Waals surface area (Å²) in [5.41, 5.74) is 0.702. The van der Waals surface area contributed by atoms with Gasteiger partial charge in [-0.25, -0.2) is 4.79 Å². The molecule has 0 saturated heterocycles. The molecular formula is C15H13ClN2O5. The number of carbonyl (C=O) groups excluding carboxylic acids is 2. The number of rotatable bonds is 6. The fourth-order valence-electron chi connectivity index (χ4n) is 1.65. The number of benzene rings is 1. The van der Waals surface area contributed by atoms with Gasteiger partial charge in [0.25, 0.3) is 5.91 Å². The Hall–Kier alpha value is -2.80. The molecule has 0 aliphatic heterocycles. The zero-order valence-electron chi connectivity index (χ0n) is 12.1. The Kier molecular flexibility index (Phi) is 5.76. The van der Waals surface area contributed by atoms with Gasteiger partial charge in [0, 0.05) is 0 Å². The number of ether oxygens (including phenoxy) is 1. The van der Waals surface area contributed by atoms with Crippen LogP contribution in [0.1, 0.15) is 16.1 Å². The third-order valence-electron chi connectivity index (χ3n) is 2.72. The largest absolute Gasteiger partial charge is 0.465 e. The molecule has 1 aromatic heterocycles. The van der Waals surface area contributed by atoms with Gasteiger partial charge in [-0.3, -0.25) is 4.79 Å². The Bertz CT molecular complexity index is 726. The van der Waals surface area contributed by atoms with Crippen molar-refractivity contribution >= 4 is 35.4 Å². The van der Waals surface area contributed by atoms with Crippen LogP contribution in [-0.4, -0.2) is 25.2 Å². The number of anilines is 1. The summed E-state index contributed by atoms with van der Waals surface area (Å²) in [6.07, 6.45) is 2.28. The molecule has 0 saturated carbocycles. The van der Waals surface area contributed by atoms with Gasteiger partial charge in [-0.15, -0.1) is 0 Å². The van der Waals surface area contributed by atoms with Crippen molar-refractivity contribution in [2.24, 2.45) is 5.16 Å². The molecule has 1 aromatic carbocycles. The number of hydrogen-bond acceptors (Lipinski definition) is 6. The molecule has 2 aromatic rings. The highest BCUT2D eigenvalue weighted by atomic mass is 35.5. The van der Waals surface area contributed by atoms with Crippen molar-refractivity contribution in [3.8, 4) is 0 Å². The second kappa shape index (κ2) is 8.00. The van der Waals surface area contributed by atoms with E-state index in [4.69, 9.17) is 20.9 Å². The minimum absolute atomic E-state index is 0.118. The average Bonchev–Trinajstić information content (AvgIpc) is 3.01. The third kappa shape index (κ3) is 4.58. The lowest BCUT2D eigenvalue weighted by molar-refractivity contribution is -0.110. The topological polar surface area (TPSA) is 90.1 Å². The minimum atomic E-state index is -0.544. The van der Waals surface area contributed by atoms with Crippen molar-refractivity contribution in [3.05, 3.63) is 52.9 Å². The molecule has 0 spiro atoms. The van der Waals surface area contributed by atoms with Crippen molar-refractivity contribution in [3.63, 3.8) is 0 Å². The molecule has 0 bridgehead atoms. The summed E-state index contributed by atoms with van der Waals surface area (Å²) in [5.74, 6) is -0.802. The maximum Gasteiger partial charge on any atom is 0.341 e. The van der Waals surface area contributed by atoms with Gasteiger partial charge in [0.05, 0.1) is 24.1 Å². The summed E-state index contributed by atoms with van der Waals surface area (Å²) in [7, 11) is 1.26. The normalized spacial score (nSPS) is 10.5. The molecule has 0 aliphatic carbocycles. The number of nitrogens with one attached hydrogen (secondary N) is 1. The maximum absolute atomic E-state index is 11.7. The van der Waals surface area contributed by atoms with Crippen molar-refractivity contribution in [1.82, 2.24) is 0 Å². The highest BCUT2D eigenvalue weighted by Crippen LogP contribution is 2.20. The second-order valence-corrected chi connectivity index (χ2v) is 4.63. The third-order valence-corrected chi connectivity index (χ3v) is 3.05. The van der Waals surface area contributed by atoms with Gasteiger partial charge >= 0.3 is 5.97 Å². The number of carbonyl (C=O) groups is 2. The first kappa shape index (κ1) is 16.6. The van der Waals surface area contributed by atoms with E-state index in [0.717, 1.165) is 6.21 Å². The summed E-state index contributed by atoms with van der Waals surface area (Å²) in [6.45, 7) is -0.118. The first-order valence-corrected chi connectivity index (χ1v) is 6.85. The lowest BCUT2D eigenvalue weighted by Gasteiger charge is -2.03. The van der Waals surface area contributed by atoms with Crippen LogP contribution in [0.4, 0.5) is 5.69 Å². The number of halogens is 1. The minimum Gasteiger partial charge on any atom is -0.465 e. The predicted octanol–water partition coefficient (Wildman–Crippen LogP) is 2.86. The van der Waals surface area contributed by atoms with E-state index < -0.39 is 11.9 Å². The predicted molar refractivity (Wildman–Crippen MR) is 83.4 cm³/mol. The van der Waals surface area contributed by atoms with Crippen LogP contribution in [0.2, 0.25) is 5.02 Å². The first-order chi connectivity index (χ1) is 11.1. The van der Waals surface area contributed by atoms with Gasteiger partial charge in [0.1, 0.15) is 11.8 Å². The standard InChI is InChI=1S/C15H13ClN2O5/c1-21-15(20)10-6-7-22-13(10)9-23-17-8-14(19)18-12-5-3-2-4-11(12)16/h2-8H,9H2,1H3,(H,18,19). The Balaban J connectivity index is 1.85. The number of amides is 1. The van der Waals surface area contributed by atoms with E-state index in [1.807, 2.05) is 0 Å². The van der Waals surface area contributed by atoms with Crippen LogP contribution in [0.15, 0.2) is 46.2 Å². The van der Waals surface area contributed by atoms with Gasteiger partial charge in [-0.1, -0.05) is 28.9 Å². The molecule has 0 radical (unpaired) electrons. The zero-order chi connectivity index (χ0) is 16.7. The van der Waals surface area contributed by atoms with Crippen molar-refractivity contribution in [2.75, 3.05) is 12.4 Å². The van der Waals surface area contributed by atoms with E-state index in [-0.39, 0.29) is 17.9 Å². The fourth-order valence-corrected chi connectivity index (χ4v) is 1.84. The SMILES string of the molecule is COC(=O)c1ccoc1CON=CC(=O)Nc1ccccc1Cl. The molecule has 7 nitrogen and oxygen atoms in total. The molecular weight excluding hydrogens is 324 g/mol. The van der Waals surface area contributed by atoms with E-state index in [9.17, 15) is 9.59 Å². The number of furan rings is 1. The van der Waals surface area contributed by atoms with Crippen molar-refractivity contribution in [2.45, 2.75) is 6.61 Å². The van der Waals surface area contributed by atoms with Crippen LogP contribution in [0.5, 0.6) is 0 Å². The number of oxime groups is 1. The molecule has 0 unspecified atom stereocenters. The molecule has 0 aliphatic rings. The lowest BCUT2D eigenvalue weighted by atomic mass is 10.2. The maximum atomic E-state index is 11.7. The fraction of sp³-hybridized carbons (Fsp3) is 0.133. The number of hydrogen-bond donors (Lipinski definition) is 1. The molecule has 1 heterocycles. The van der Waals surface area contributed by atoms with Crippen LogP contribution >= 0.6 is 11.6 Å². The first-order valence-electron chi connectivity index (χ1n) is 6.47. The van der Waals surface area contributed by atoms with Crippen LogP contribution in [0.3, 0.4) is 0 Å². The molecule has 2 rings (SSSR count). The Labute approximate surface area is 136 Å². The lowest BCUT2D eigenvalue weighted by Crippen LogP contribution is -2.13. The van der Waals surface area contributed by atoms with E-state index in [2.05, 4.69) is 15.2 Å². The van der Waals surface area contributed by atoms with E-state index >= 15 is 0 Å². The molecule has 8 heteroatoms. The van der Waals surface area contributed by atoms with E-state index in [0.29, 0.717) is 10.7 Å². The van der Waals surface area contributed by atoms with Gasteiger partial charge in [0.2, 0.25) is 0 Å². The molecule has 0 atom stereocenters. The van der Waals surface area contributed by atoms with Crippen LogP contribution in [-0.2, 0) is 21.0 Å². The summed E-state index contributed by atoms with van der Waals surface area (Å²) >= 11 is 5.91. The van der Waals surface area contributed by atoms with E-state index in [1.54, 1.807) is 24.3 Å². The number of nitrogens with zero attached hydrogens (tertiary/aromatic N) is 1. The van der Waals surface area contributed by atoms with Crippen molar-refractivity contribution in [1.29, 1.82) is 0 Å². The zero-order valence-corrected chi connectivity index (χ0v) is 12.9. The Morgan fingerprint density at radius 3 is 2.87 bits per heavy atom. The molecule has 1 amide bonds. The number of para-hydroxylation sites is 1. The molecule has 1 N–H and O–H groups in total. The summed E-state index contributed by atoms with van der Waals surface area (Å²) in [4.78, 5) is 28.0. The number of methoxy groups -OCH3 is 1. The monoisotopic (exact) mass is 336 g/mol. The summed E-state index contributed by atoms with van der Waals surface area (Å²) in [6, 6.07) is 8.24. The quantitative estimate of drug-likeness (QED) is 0.497. The molecule has 120 valence electrons. The highest BCUT2D eigenvalue weighted by molar-refractivity contribution is 6.36. The Morgan fingerprint density at radius 2 is 2.13 bits per heavy atom. The summed E-state index contributed by atoms with van der Waals surface area (Å²) in [5, 5.41) is 6.46. The van der Waals surface area contributed by atoms with Crippen LogP contribution < -0.4 is 5.32 Å². The van der Waals surface area contributed by atoms with Gasteiger partial charge in [0.15, 0.2) is 12.4 Å². The van der Waals surface area contributed by atoms with Crippen molar-refractivity contribution < 1.29 is 23.6 Å². The van der Waals surface area contributed by atoms with Crippen LogP contribution in [0, 0.1) is 0 Å². The summed E-state index contributed by atoms with van der Waals surface area (Å²) < 4.78 is 9.68. The van der Waals surface area contributed by atoms with Gasteiger partial charge in [-0.2, -0.15) is 0 Å². The van der Waals surface area contributed by atoms with Crippen LogP contribution in [0.25, 0.3) is 0 Å². The smallest absolute Gasteiger partial charge is 0.341 e. The average molecular weight is 337 g/mol. The Morgan fingerprint density at radius 1 is 1.35 bits per heavy atom. The van der Waals surface area contributed by atoms with Gasteiger partial charge < -0.3 is 19.3 Å². The molecule has 0 fully saturated rings.